The molecule has 0 bridgehead atoms. The molecule has 0 fully saturated rings. The zero-order valence-corrected chi connectivity index (χ0v) is 18.7. The Bertz CT molecular complexity index is 1270. The van der Waals surface area contributed by atoms with Gasteiger partial charge in [0, 0.05) is 11.3 Å². The number of rotatable bonds is 5. The Kier molecular flexibility index (Phi) is 5.37. The van der Waals surface area contributed by atoms with E-state index in [0.717, 1.165) is 33.1 Å². The average Bonchev–Trinajstić information content (AvgIpc) is 3.44. The van der Waals surface area contributed by atoms with Gasteiger partial charge in [0.1, 0.15) is 4.88 Å². The second-order valence-corrected chi connectivity index (χ2v) is 8.81. The summed E-state index contributed by atoms with van der Waals surface area (Å²) in [4.78, 5) is 20.6. The van der Waals surface area contributed by atoms with Crippen molar-refractivity contribution in [3.05, 3.63) is 93.9 Å². The normalized spacial score (nSPS) is 12.1. The molecule has 1 aliphatic rings. The van der Waals surface area contributed by atoms with Gasteiger partial charge in [-0.2, -0.15) is 0 Å². The number of carbonyl (C=O) groups excluding carboxylic acids is 1. The lowest BCUT2D eigenvalue weighted by molar-refractivity contribution is 0.0988. The predicted molar refractivity (Wildman–Crippen MR) is 127 cm³/mol. The number of benzene rings is 3. The van der Waals surface area contributed by atoms with Crippen LogP contribution in [0.25, 0.3) is 11.1 Å². The standard InChI is InChI=1S/C26H22N2O3S/c1-17-25(32-18(2)27-17)26(29)28(15-21-9-6-10-23-24(21)31-16-30-23)22-13-11-20(12-14-22)19-7-4-3-5-8-19/h3-14H,15-16H2,1-2H3. The predicted octanol–water partition coefficient (Wildman–Crippen LogP) is 6.00. The molecule has 0 spiro atoms. The molecule has 0 radical (unpaired) electrons. The quantitative estimate of drug-likeness (QED) is 0.380. The summed E-state index contributed by atoms with van der Waals surface area (Å²) in [5.41, 5.74) is 4.71. The number of nitrogens with zero attached hydrogens (tertiary/aromatic N) is 2. The molecule has 0 unspecified atom stereocenters. The second kappa shape index (κ2) is 8.48. The maximum atomic E-state index is 13.7. The summed E-state index contributed by atoms with van der Waals surface area (Å²) in [6, 6.07) is 24.0. The van der Waals surface area contributed by atoms with Gasteiger partial charge in [0.2, 0.25) is 6.79 Å². The molecule has 0 atom stereocenters. The highest BCUT2D eigenvalue weighted by Gasteiger charge is 2.26. The van der Waals surface area contributed by atoms with Crippen molar-refractivity contribution in [3.8, 4) is 22.6 Å². The third-order valence-corrected chi connectivity index (χ3v) is 6.50. The molecule has 160 valence electrons. The molecule has 32 heavy (non-hydrogen) atoms. The van der Waals surface area contributed by atoms with Crippen LogP contribution in [0.4, 0.5) is 5.69 Å². The summed E-state index contributed by atoms with van der Waals surface area (Å²) in [7, 11) is 0. The van der Waals surface area contributed by atoms with Crippen LogP contribution in [0.5, 0.6) is 11.5 Å². The van der Waals surface area contributed by atoms with Gasteiger partial charge < -0.3 is 14.4 Å². The number of aromatic nitrogens is 1. The number of anilines is 1. The number of amides is 1. The zero-order chi connectivity index (χ0) is 22.1. The van der Waals surface area contributed by atoms with E-state index < -0.39 is 0 Å². The van der Waals surface area contributed by atoms with Crippen molar-refractivity contribution in [1.29, 1.82) is 0 Å². The topological polar surface area (TPSA) is 51.7 Å². The Hall–Kier alpha value is -3.64. The van der Waals surface area contributed by atoms with Crippen molar-refractivity contribution in [3.63, 3.8) is 0 Å². The number of thiazole rings is 1. The lowest BCUT2D eigenvalue weighted by atomic mass is 10.0. The third-order valence-electron chi connectivity index (χ3n) is 5.44. The number of ether oxygens (including phenoxy) is 2. The van der Waals surface area contributed by atoms with Gasteiger partial charge in [-0.3, -0.25) is 4.79 Å². The fourth-order valence-corrected chi connectivity index (χ4v) is 4.75. The van der Waals surface area contributed by atoms with E-state index in [0.29, 0.717) is 22.9 Å². The lowest BCUT2D eigenvalue weighted by Crippen LogP contribution is -2.30. The Labute approximate surface area is 190 Å². The number of fused-ring (bicyclic) bond motifs is 1. The van der Waals surface area contributed by atoms with E-state index in [9.17, 15) is 4.79 Å². The largest absolute Gasteiger partial charge is 0.454 e. The van der Waals surface area contributed by atoms with Crippen LogP contribution in [-0.4, -0.2) is 17.7 Å². The Morgan fingerprint density at radius 1 is 0.938 bits per heavy atom. The van der Waals surface area contributed by atoms with Crippen molar-refractivity contribution >= 4 is 22.9 Å². The Morgan fingerprint density at radius 2 is 1.69 bits per heavy atom. The van der Waals surface area contributed by atoms with E-state index in [1.54, 1.807) is 4.90 Å². The fourth-order valence-electron chi connectivity index (χ4n) is 3.88. The minimum absolute atomic E-state index is 0.0721. The minimum atomic E-state index is -0.0721. The first-order chi connectivity index (χ1) is 15.6. The van der Waals surface area contributed by atoms with Crippen LogP contribution in [0.3, 0.4) is 0 Å². The maximum Gasteiger partial charge on any atom is 0.270 e. The van der Waals surface area contributed by atoms with Gasteiger partial charge in [0.25, 0.3) is 5.91 Å². The van der Waals surface area contributed by atoms with E-state index in [4.69, 9.17) is 9.47 Å². The number of aryl methyl sites for hydroxylation is 2. The molecule has 0 saturated heterocycles. The SMILES string of the molecule is Cc1nc(C)c(C(=O)N(Cc2cccc3c2OCO3)c2ccc(-c3ccccc3)cc2)s1. The third kappa shape index (κ3) is 3.85. The Morgan fingerprint density at radius 3 is 2.41 bits per heavy atom. The van der Waals surface area contributed by atoms with Gasteiger partial charge in [0.05, 0.1) is 17.2 Å². The van der Waals surface area contributed by atoms with Crippen molar-refractivity contribution < 1.29 is 14.3 Å². The van der Waals surface area contributed by atoms with Gasteiger partial charge in [-0.15, -0.1) is 11.3 Å². The van der Waals surface area contributed by atoms with Gasteiger partial charge in [-0.1, -0.05) is 54.6 Å². The molecule has 5 nitrogen and oxygen atoms in total. The van der Waals surface area contributed by atoms with E-state index in [-0.39, 0.29) is 12.7 Å². The molecule has 3 aromatic carbocycles. The summed E-state index contributed by atoms with van der Waals surface area (Å²) < 4.78 is 11.2. The smallest absolute Gasteiger partial charge is 0.270 e. The summed E-state index contributed by atoms with van der Waals surface area (Å²) in [6.45, 7) is 4.36. The average molecular weight is 443 g/mol. The van der Waals surface area contributed by atoms with Crippen LogP contribution in [0.1, 0.15) is 25.9 Å². The van der Waals surface area contributed by atoms with Crippen LogP contribution in [0.2, 0.25) is 0 Å². The lowest BCUT2D eigenvalue weighted by Gasteiger charge is -2.23. The van der Waals surface area contributed by atoms with Gasteiger partial charge in [0.15, 0.2) is 11.5 Å². The number of hydrogen-bond acceptors (Lipinski definition) is 5. The molecule has 0 saturated carbocycles. The summed E-state index contributed by atoms with van der Waals surface area (Å²) in [6.07, 6.45) is 0. The second-order valence-electron chi connectivity index (χ2n) is 7.60. The highest BCUT2D eigenvalue weighted by atomic mass is 32.1. The van der Waals surface area contributed by atoms with Crippen LogP contribution in [0.15, 0.2) is 72.8 Å². The fraction of sp³-hybridized carbons (Fsp3) is 0.154. The van der Waals surface area contributed by atoms with Crippen molar-refractivity contribution in [2.45, 2.75) is 20.4 Å². The Balaban J connectivity index is 1.53. The molecule has 0 aliphatic carbocycles. The van der Waals surface area contributed by atoms with Crippen LogP contribution < -0.4 is 14.4 Å². The molecular formula is C26H22N2O3S. The zero-order valence-electron chi connectivity index (χ0n) is 17.9. The molecule has 6 heteroatoms. The van der Waals surface area contributed by atoms with E-state index in [1.807, 2.05) is 74.5 Å². The van der Waals surface area contributed by atoms with Crippen LogP contribution in [-0.2, 0) is 6.54 Å². The van der Waals surface area contributed by atoms with Crippen molar-refractivity contribution in [1.82, 2.24) is 4.98 Å². The van der Waals surface area contributed by atoms with Crippen molar-refractivity contribution in [2.24, 2.45) is 0 Å². The summed E-state index contributed by atoms with van der Waals surface area (Å²) >= 11 is 1.42. The first-order valence-electron chi connectivity index (χ1n) is 10.4. The number of para-hydroxylation sites is 1. The first-order valence-corrected chi connectivity index (χ1v) is 11.2. The van der Waals surface area contributed by atoms with E-state index in [2.05, 4.69) is 17.1 Å². The van der Waals surface area contributed by atoms with Gasteiger partial charge >= 0.3 is 0 Å². The molecule has 1 aromatic heterocycles. The van der Waals surface area contributed by atoms with E-state index >= 15 is 0 Å². The van der Waals surface area contributed by atoms with Crippen molar-refractivity contribution in [2.75, 3.05) is 11.7 Å². The van der Waals surface area contributed by atoms with Gasteiger partial charge in [-0.25, -0.2) is 4.98 Å². The highest BCUT2D eigenvalue weighted by molar-refractivity contribution is 7.13. The maximum absolute atomic E-state index is 13.7. The first kappa shape index (κ1) is 20.3. The molecule has 2 heterocycles. The monoisotopic (exact) mass is 442 g/mol. The summed E-state index contributed by atoms with van der Waals surface area (Å²) in [5, 5.41) is 0.877. The van der Waals surface area contributed by atoms with Gasteiger partial charge in [-0.05, 0) is 43.2 Å². The van der Waals surface area contributed by atoms with Crippen LogP contribution in [0, 0.1) is 13.8 Å². The molecule has 5 rings (SSSR count). The molecule has 0 N–H and O–H groups in total. The van der Waals surface area contributed by atoms with E-state index in [1.165, 1.54) is 11.3 Å². The minimum Gasteiger partial charge on any atom is -0.454 e. The number of carbonyl (C=O) groups is 1. The molecule has 1 amide bonds. The highest BCUT2D eigenvalue weighted by Crippen LogP contribution is 2.37. The molecule has 1 aliphatic heterocycles. The number of hydrogen-bond donors (Lipinski definition) is 0. The summed E-state index contributed by atoms with van der Waals surface area (Å²) in [5.74, 6) is 1.33. The van der Waals surface area contributed by atoms with Crippen LogP contribution >= 0.6 is 11.3 Å². The molecule has 4 aromatic rings. The molecular weight excluding hydrogens is 420 g/mol.